The van der Waals surface area contributed by atoms with Crippen molar-refractivity contribution in [2.75, 3.05) is 13.7 Å². The van der Waals surface area contributed by atoms with Crippen LogP contribution < -0.4 is 0 Å². The second kappa shape index (κ2) is 5.38. The number of nitrogens with zero attached hydrogens (tertiary/aromatic N) is 2. The molecule has 0 amide bonds. The Labute approximate surface area is 110 Å². The second-order valence-corrected chi connectivity index (χ2v) is 4.39. The van der Waals surface area contributed by atoms with Gasteiger partial charge in [-0.3, -0.25) is 0 Å². The van der Waals surface area contributed by atoms with Crippen molar-refractivity contribution in [2.45, 2.75) is 19.6 Å². The molecule has 0 saturated heterocycles. The Morgan fingerprint density at radius 2 is 2.26 bits per heavy atom. The molecule has 0 bridgehead atoms. The van der Waals surface area contributed by atoms with Crippen molar-refractivity contribution < 1.29 is 19.7 Å². The fourth-order valence-corrected chi connectivity index (χ4v) is 2.06. The predicted octanol–water partition coefficient (Wildman–Crippen LogP) is 1.05. The van der Waals surface area contributed by atoms with E-state index in [0.29, 0.717) is 17.6 Å². The number of aliphatic hydroxyl groups is 1. The number of methoxy groups -OCH3 is 1. The number of aryl methyl sites for hydroxylation is 1. The van der Waals surface area contributed by atoms with E-state index < -0.39 is 12.1 Å². The SMILES string of the molecule is COCC(O)Cn1c(C)nc2ccc(C(=O)O)cc21. The molecule has 1 aromatic carbocycles. The number of rotatable bonds is 5. The molecule has 0 spiro atoms. The van der Waals surface area contributed by atoms with Crippen LogP contribution in [0.1, 0.15) is 16.2 Å². The monoisotopic (exact) mass is 264 g/mol. The van der Waals surface area contributed by atoms with Gasteiger partial charge in [0.1, 0.15) is 5.82 Å². The number of aromatic nitrogens is 2. The number of hydrogen-bond donors (Lipinski definition) is 2. The number of imidazole rings is 1. The zero-order valence-corrected chi connectivity index (χ0v) is 10.8. The maximum absolute atomic E-state index is 11.0. The molecule has 0 aliphatic rings. The van der Waals surface area contributed by atoms with Crippen LogP contribution in [0.4, 0.5) is 0 Å². The largest absolute Gasteiger partial charge is 0.478 e. The fraction of sp³-hybridized carbons (Fsp3) is 0.385. The van der Waals surface area contributed by atoms with Gasteiger partial charge in [0.2, 0.25) is 0 Å². The Balaban J connectivity index is 2.43. The normalized spacial score (nSPS) is 12.8. The van der Waals surface area contributed by atoms with E-state index in [1.54, 1.807) is 16.7 Å². The molecule has 0 radical (unpaired) electrons. The Kier molecular flexibility index (Phi) is 3.82. The first-order valence-corrected chi connectivity index (χ1v) is 5.90. The van der Waals surface area contributed by atoms with Crippen LogP contribution in [0.2, 0.25) is 0 Å². The summed E-state index contributed by atoms with van der Waals surface area (Å²) in [6.07, 6.45) is -0.658. The molecule has 0 saturated carbocycles. The van der Waals surface area contributed by atoms with Gasteiger partial charge in [0, 0.05) is 7.11 Å². The van der Waals surface area contributed by atoms with Crippen molar-refractivity contribution >= 4 is 17.0 Å². The highest BCUT2D eigenvalue weighted by atomic mass is 16.5. The average molecular weight is 264 g/mol. The molecule has 1 heterocycles. The van der Waals surface area contributed by atoms with E-state index in [9.17, 15) is 9.90 Å². The average Bonchev–Trinajstić information content (AvgIpc) is 2.65. The van der Waals surface area contributed by atoms with Crippen molar-refractivity contribution in [1.29, 1.82) is 0 Å². The molecule has 0 aliphatic carbocycles. The summed E-state index contributed by atoms with van der Waals surface area (Å²) in [6, 6.07) is 4.76. The number of benzene rings is 1. The first kappa shape index (κ1) is 13.5. The van der Waals surface area contributed by atoms with Gasteiger partial charge in [0.25, 0.3) is 0 Å². The van der Waals surface area contributed by atoms with Crippen LogP contribution in [0.5, 0.6) is 0 Å². The summed E-state index contributed by atoms with van der Waals surface area (Å²) in [4.78, 5) is 15.3. The molecular formula is C13H16N2O4. The van der Waals surface area contributed by atoms with Crippen LogP contribution in [-0.4, -0.2) is 45.6 Å². The number of carboxylic acid groups (broad SMARTS) is 1. The van der Waals surface area contributed by atoms with Crippen LogP contribution >= 0.6 is 0 Å². The van der Waals surface area contributed by atoms with E-state index in [4.69, 9.17) is 9.84 Å². The lowest BCUT2D eigenvalue weighted by atomic mass is 10.2. The Morgan fingerprint density at radius 1 is 1.53 bits per heavy atom. The van der Waals surface area contributed by atoms with Crippen molar-refractivity contribution in [3.63, 3.8) is 0 Å². The number of carbonyl (C=O) groups is 1. The zero-order valence-electron chi connectivity index (χ0n) is 10.8. The van der Waals surface area contributed by atoms with Crippen molar-refractivity contribution in [3.8, 4) is 0 Å². The maximum Gasteiger partial charge on any atom is 0.335 e. The summed E-state index contributed by atoms with van der Waals surface area (Å²) < 4.78 is 6.69. The van der Waals surface area contributed by atoms with Gasteiger partial charge in [-0.25, -0.2) is 9.78 Å². The Hall–Kier alpha value is -1.92. The third-order valence-electron chi connectivity index (χ3n) is 2.94. The summed E-state index contributed by atoms with van der Waals surface area (Å²) in [7, 11) is 1.52. The van der Waals surface area contributed by atoms with Crippen LogP contribution in [0.25, 0.3) is 11.0 Å². The van der Waals surface area contributed by atoms with Crippen LogP contribution in [0.3, 0.4) is 0 Å². The fourth-order valence-electron chi connectivity index (χ4n) is 2.06. The lowest BCUT2D eigenvalue weighted by Crippen LogP contribution is -2.21. The number of hydrogen-bond acceptors (Lipinski definition) is 4. The molecule has 1 unspecified atom stereocenters. The minimum absolute atomic E-state index is 0.204. The molecule has 2 aromatic rings. The highest BCUT2D eigenvalue weighted by Gasteiger charge is 2.13. The van der Waals surface area contributed by atoms with Crippen LogP contribution in [0, 0.1) is 6.92 Å². The molecule has 6 nitrogen and oxygen atoms in total. The topological polar surface area (TPSA) is 84.6 Å². The molecular weight excluding hydrogens is 248 g/mol. The Morgan fingerprint density at radius 3 is 2.89 bits per heavy atom. The van der Waals surface area contributed by atoms with Gasteiger partial charge in [-0.2, -0.15) is 0 Å². The van der Waals surface area contributed by atoms with Crippen molar-refractivity contribution in [2.24, 2.45) is 0 Å². The quantitative estimate of drug-likeness (QED) is 0.843. The van der Waals surface area contributed by atoms with Gasteiger partial charge in [-0.15, -0.1) is 0 Å². The lowest BCUT2D eigenvalue weighted by molar-refractivity contribution is 0.0540. The van der Waals surface area contributed by atoms with E-state index in [1.807, 2.05) is 6.92 Å². The van der Waals surface area contributed by atoms with Crippen molar-refractivity contribution in [1.82, 2.24) is 9.55 Å². The molecule has 102 valence electrons. The summed E-state index contributed by atoms with van der Waals surface area (Å²) in [5, 5.41) is 18.8. The number of ether oxygens (including phenoxy) is 1. The smallest absolute Gasteiger partial charge is 0.335 e. The molecule has 1 atom stereocenters. The predicted molar refractivity (Wildman–Crippen MR) is 69.3 cm³/mol. The molecule has 2 N–H and O–H groups in total. The third kappa shape index (κ3) is 2.74. The minimum Gasteiger partial charge on any atom is -0.478 e. The highest BCUT2D eigenvalue weighted by Crippen LogP contribution is 2.18. The van der Waals surface area contributed by atoms with E-state index >= 15 is 0 Å². The van der Waals surface area contributed by atoms with Gasteiger partial charge in [-0.05, 0) is 25.1 Å². The van der Waals surface area contributed by atoms with Crippen molar-refractivity contribution in [3.05, 3.63) is 29.6 Å². The molecule has 0 aliphatic heterocycles. The number of aliphatic hydroxyl groups excluding tert-OH is 1. The van der Waals surface area contributed by atoms with Gasteiger partial charge in [0.05, 0.1) is 35.9 Å². The van der Waals surface area contributed by atoms with Crippen LogP contribution in [0.15, 0.2) is 18.2 Å². The first-order chi connectivity index (χ1) is 9.02. The summed E-state index contributed by atoms with van der Waals surface area (Å²) in [5.41, 5.74) is 1.62. The molecule has 2 rings (SSSR count). The molecule has 0 fully saturated rings. The number of fused-ring (bicyclic) bond motifs is 1. The van der Waals surface area contributed by atoms with Crippen LogP contribution in [-0.2, 0) is 11.3 Å². The van der Waals surface area contributed by atoms with Gasteiger partial charge in [-0.1, -0.05) is 0 Å². The van der Waals surface area contributed by atoms with E-state index in [0.717, 1.165) is 5.82 Å². The van der Waals surface area contributed by atoms with E-state index in [-0.39, 0.29) is 12.2 Å². The number of carboxylic acids is 1. The van der Waals surface area contributed by atoms with E-state index in [2.05, 4.69) is 4.98 Å². The molecule has 19 heavy (non-hydrogen) atoms. The summed E-state index contributed by atoms with van der Waals surface area (Å²) in [6.45, 7) is 2.36. The van der Waals surface area contributed by atoms with Gasteiger partial charge < -0.3 is 19.5 Å². The standard InChI is InChI=1S/C13H16N2O4/c1-8-14-11-4-3-9(13(17)18)5-12(11)15(8)6-10(16)7-19-2/h3-5,10,16H,6-7H2,1-2H3,(H,17,18). The lowest BCUT2D eigenvalue weighted by Gasteiger charge is -2.12. The summed E-state index contributed by atoms with van der Waals surface area (Å²) in [5.74, 6) is -0.252. The van der Waals surface area contributed by atoms with E-state index in [1.165, 1.54) is 13.2 Å². The number of aromatic carboxylic acids is 1. The Bertz CT molecular complexity index is 606. The zero-order chi connectivity index (χ0) is 14.0. The summed E-state index contributed by atoms with van der Waals surface area (Å²) >= 11 is 0. The van der Waals surface area contributed by atoms with Gasteiger partial charge >= 0.3 is 5.97 Å². The minimum atomic E-state index is -0.982. The maximum atomic E-state index is 11.0. The molecule has 6 heteroatoms. The second-order valence-electron chi connectivity index (χ2n) is 4.39. The third-order valence-corrected chi connectivity index (χ3v) is 2.94. The molecule has 1 aromatic heterocycles. The first-order valence-electron chi connectivity index (χ1n) is 5.90. The highest BCUT2D eigenvalue weighted by molar-refractivity contribution is 5.92. The van der Waals surface area contributed by atoms with Gasteiger partial charge in [0.15, 0.2) is 0 Å².